The molecule has 6 rings (SSSR count). The highest BCUT2D eigenvalue weighted by Gasteiger charge is 2.64. The number of hydrogen-bond donors (Lipinski definition) is 4. The number of aromatic hydroxyl groups is 1. The van der Waals surface area contributed by atoms with Gasteiger partial charge in [-0.3, -0.25) is 19.2 Å². The van der Waals surface area contributed by atoms with Crippen molar-refractivity contribution in [2.45, 2.75) is 42.1 Å². The lowest BCUT2D eigenvalue weighted by Crippen LogP contribution is -2.71. The molecule has 2 saturated heterocycles. The maximum absolute atomic E-state index is 13.6. The highest BCUT2D eigenvalue weighted by Crippen LogP contribution is 2.50. The van der Waals surface area contributed by atoms with Gasteiger partial charge < -0.3 is 39.6 Å². The van der Waals surface area contributed by atoms with Crippen LogP contribution in [-0.4, -0.2) is 78.8 Å². The zero-order chi connectivity index (χ0) is 36.1. The Labute approximate surface area is 285 Å². The van der Waals surface area contributed by atoms with E-state index in [1.54, 1.807) is 44.2 Å². The number of aliphatic carboxylic acids is 1. The number of nitrogens with one attached hydrogen (secondary N) is 2. The molecule has 2 aliphatic heterocycles. The van der Waals surface area contributed by atoms with Crippen molar-refractivity contribution in [3.05, 3.63) is 98.8 Å². The normalized spacial score (nSPS) is 19.5. The number of hydrogen-bond acceptors (Lipinski definition) is 12. The van der Waals surface area contributed by atoms with E-state index in [4.69, 9.17) is 9.15 Å². The average molecular weight is 705 g/mol. The largest absolute Gasteiger partial charge is 0.513 e. The number of fused-ring (bicyclic) bond motifs is 2. The lowest BCUT2D eigenvalue weighted by atomic mass is 9.95. The first-order valence-corrected chi connectivity index (χ1v) is 15.8. The minimum Gasteiger partial charge on any atom is -0.507 e. The fraction of sp³-hybridized carbons (Fsp3) is 0.242. The lowest BCUT2D eigenvalue weighted by Gasteiger charge is -2.44. The Balaban J connectivity index is 1.25. The molecule has 4 aromatic rings. The van der Waals surface area contributed by atoms with Crippen LogP contribution in [0, 0.1) is 0 Å². The third kappa shape index (κ3) is 5.80. The molecule has 258 valence electrons. The molecule has 0 spiro atoms. The third-order valence-corrected chi connectivity index (χ3v) is 9.84. The van der Waals surface area contributed by atoms with Crippen molar-refractivity contribution >= 4 is 52.6 Å². The summed E-state index contributed by atoms with van der Waals surface area (Å²) in [5.41, 5.74) is -1.34. The maximum atomic E-state index is 13.6. The number of carbonyl (C=O) groups excluding carboxylic acids is 4. The number of carbonyl (C=O) groups is 5. The predicted octanol–water partition coefficient (Wildman–Crippen LogP) is 1.90. The molecule has 4 N–H and O–H groups in total. The third-order valence-electron chi connectivity index (χ3n) is 8.27. The van der Waals surface area contributed by atoms with E-state index in [1.807, 2.05) is 0 Å². The first-order chi connectivity index (χ1) is 23.7. The van der Waals surface area contributed by atoms with Gasteiger partial charge in [0.2, 0.25) is 11.8 Å². The summed E-state index contributed by atoms with van der Waals surface area (Å²) in [6, 6.07) is 11.9. The highest BCUT2D eigenvalue weighted by atomic mass is 32.2. The number of nitrogens with zero attached hydrogens (tertiary/aromatic N) is 2. The molecule has 16 nitrogen and oxygen atoms in total. The molecule has 3 heterocycles. The molecule has 3 amide bonds. The van der Waals surface area contributed by atoms with Crippen molar-refractivity contribution < 1.29 is 48.1 Å². The Hall–Kier alpha value is -6.10. The van der Waals surface area contributed by atoms with Gasteiger partial charge >= 0.3 is 17.9 Å². The summed E-state index contributed by atoms with van der Waals surface area (Å²) >= 11 is 1.25. The second kappa shape index (κ2) is 12.7. The van der Waals surface area contributed by atoms with E-state index < -0.39 is 75.2 Å². The number of thioether (sulfide) groups is 1. The molecule has 0 aliphatic carbocycles. The van der Waals surface area contributed by atoms with Gasteiger partial charge in [-0.05, 0) is 43.7 Å². The molecule has 0 saturated carbocycles. The Morgan fingerprint density at radius 2 is 1.72 bits per heavy atom. The summed E-state index contributed by atoms with van der Waals surface area (Å²) in [6.07, 6.45) is -1.11. The van der Waals surface area contributed by atoms with E-state index in [0.29, 0.717) is 10.1 Å². The van der Waals surface area contributed by atoms with E-state index >= 15 is 0 Å². The molecule has 50 heavy (non-hydrogen) atoms. The summed E-state index contributed by atoms with van der Waals surface area (Å²) in [7, 11) is 1.07. The fourth-order valence-electron chi connectivity index (χ4n) is 5.95. The minimum atomic E-state index is -1.35. The van der Waals surface area contributed by atoms with Crippen LogP contribution in [0.1, 0.15) is 35.8 Å². The Bertz CT molecular complexity index is 2200. The second-order valence-electron chi connectivity index (χ2n) is 11.8. The summed E-state index contributed by atoms with van der Waals surface area (Å²) in [4.78, 5) is 91.1. The van der Waals surface area contributed by atoms with Crippen LogP contribution in [0.25, 0.3) is 16.7 Å². The number of carboxylic acids is 1. The molecule has 2 aliphatic rings. The number of carboxylic acid groups (broad SMARTS) is 1. The number of methoxy groups -OCH3 is 1. The minimum absolute atomic E-state index is 0.143. The van der Waals surface area contributed by atoms with Crippen LogP contribution in [0.3, 0.4) is 0 Å². The van der Waals surface area contributed by atoms with Crippen molar-refractivity contribution in [2.24, 2.45) is 0 Å². The number of benzene rings is 3. The number of rotatable bonds is 8. The fourth-order valence-corrected chi connectivity index (χ4v) is 7.57. The Morgan fingerprint density at radius 1 is 1.00 bits per heavy atom. The Kier molecular flexibility index (Phi) is 8.61. The summed E-state index contributed by atoms with van der Waals surface area (Å²) in [5, 5.41) is 25.0. The molecule has 17 heteroatoms. The van der Waals surface area contributed by atoms with Gasteiger partial charge in [-0.2, -0.15) is 0 Å². The van der Waals surface area contributed by atoms with Gasteiger partial charge in [-0.15, -0.1) is 11.8 Å². The number of phenolic OH excluding ortho intramolecular Hbond substituents is 1. The average Bonchev–Trinajstić information content (AvgIpc) is 3.34. The second-order valence-corrected chi connectivity index (χ2v) is 13.6. The van der Waals surface area contributed by atoms with Crippen LogP contribution in [0.2, 0.25) is 0 Å². The molecular formula is C33H28N4O12S. The number of aromatic nitrogens is 1. The van der Waals surface area contributed by atoms with Crippen molar-refractivity contribution in [2.75, 3.05) is 7.11 Å². The Morgan fingerprint density at radius 3 is 2.38 bits per heavy atom. The van der Waals surface area contributed by atoms with Crippen LogP contribution in [-0.2, 0) is 19.1 Å². The van der Waals surface area contributed by atoms with Crippen molar-refractivity contribution in [3.8, 4) is 17.2 Å². The standard InChI is InChI=1S/C33H28N4O12S/c1-33(2)24(30(43)44)37-28(42)22(29(37)50-33)35-26(40)21(15-8-5-4-6-9-15)34-25(39)17-13-12-16(14-19(17)38)36-27(41)18-10-7-11-20(48-32(46)47-3)23(18)49-31(36)45/h4-14,21-22,24,29,38H,1-3H3,(H,34,39)(H,35,40)(H,43,44)/t21-,22-,24+,29-/m1/s1. The van der Waals surface area contributed by atoms with Crippen LogP contribution in [0.5, 0.6) is 11.5 Å². The summed E-state index contributed by atoms with van der Waals surface area (Å²) in [6.45, 7) is 3.40. The topological polar surface area (TPSA) is 224 Å². The molecule has 0 bridgehead atoms. The smallest absolute Gasteiger partial charge is 0.507 e. The maximum Gasteiger partial charge on any atom is 0.513 e. The number of β-lactam (4-membered cyclic amide) rings is 1. The van der Waals surface area contributed by atoms with Crippen LogP contribution in [0.15, 0.2) is 80.7 Å². The molecule has 1 aromatic heterocycles. The van der Waals surface area contributed by atoms with Gasteiger partial charge in [-0.25, -0.2) is 19.0 Å². The van der Waals surface area contributed by atoms with E-state index in [1.165, 1.54) is 40.9 Å². The van der Waals surface area contributed by atoms with E-state index in [0.717, 1.165) is 19.2 Å². The predicted molar refractivity (Wildman–Crippen MR) is 175 cm³/mol. The number of phenols is 1. The molecular weight excluding hydrogens is 676 g/mol. The van der Waals surface area contributed by atoms with E-state index in [-0.39, 0.29) is 28.0 Å². The van der Waals surface area contributed by atoms with Gasteiger partial charge in [0.15, 0.2) is 11.3 Å². The monoisotopic (exact) mass is 704 g/mol. The zero-order valence-corrected chi connectivity index (χ0v) is 27.3. The molecule has 0 unspecified atom stereocenters. The van der Waals surface area contributed by atoms with Gasteiger partial charge in [0, 0.05) is 10.8 Å². The van der Waals surface area contributed by atoms with Crippen LogP contribution < -0.4 is 26.7 Å². The lowest BCUT2D eigenvalue weighted by molar-refractivity contribution is -0.161. The van der Waals surface area contributed by atoms with Crippen LogP contribution in [0.4, 0.5) is 4.79 Å². The van der Waals surface area contributed by atoms with Crippen LogP contribution >= 0.6 is 11.8 Å². The number of amides is 3. The molecule has 0 radical (unpaired) electrons. The van der Waals surface area contributed by atoms with Crippen molar-refractivity contribution in [3.63, 3.8) is 0 Å². The van der Waals surface area contributed by atoms with Crippen molar-refractivity contribution in [1.29, 1.82) is 0 Å². The van der Waals surface area contributed by atoms with E-state index in [2.05, 4.69) is 15.4 Å². The molecule has 2 fully saturated rings. The first kappa shape index (κ1) is 33.8. The number of para-hydroxylation sites is 1. The summed E-state index contributed by atoms with van der Waals surface area (Å²) in [5.74, 6) is -5.48. The number of ether oxygens (including phenoxy) is 2. The quantitative estimate of drug-likeness (QED) is 0.117. The van der Waals surface area contributed by atoms with Gasteiger partial charge in [-0.1, -0.05) is 36.4 Å². The first-order valence-electron chi connectivity index (χ1n) is 14.9. The SMILES string of the molecule is COC(=O)Oc1cccc2c(=O)n(-c3ccc(C(=O)N[C@@H](C(=O)N[C@@H]4C(=O)N5[C@@H]4SC(C)(C)[C@@H]5C(=O)O)c4ccccc4)c(O)c3)c(=O)oc12. The zero-order valence-electron chi connectivity index (χ0n) is 26.4. The van der Waals surface area contributed by atoms with Gasteiger partial charge in [0.25, 0.3) is 11.5 Å². The summed E-state index contributed by atoms with van der Waals surface area (Å²) < 4.78 is 14.4. The van der Waals surface area contributed by atoms with Gasteiger partial charge in [0.1, 0.15) is 29.2 Å². The van der Waals surface area contributed by atoms with E-state index in [9.17, 15) is 43.8 Å². The molecule has 3 aromatic carbocycles. The molecule has 4 atom stereocenters. The van der Waals surface area contributed by atoms with Gasteiger partial charge in [0.05, 0.1) is 23.7 Å². The highest BCUT2D eigenvalue weighted by molar-refractivity contribution is 8.01. The van der Waals surface area contributed by atoms with Crippen molar-refractivity contribution in [1.82, 2.24) is 20.1 Å².